The first-order chi connectivity index (χ1) is 14.7. The molecule has 152 valence electrons. The molecular weight excluding hydrogens is 376 g/mol. The number of aromatic nitrogens is 4. The molecular formula is C23H24N6O. The number of ether oxygens (including phenoxy) is 1. The molecule has 4 aromatic rings. The van der Waals surface area contributed by atoms with Crippen molar-refractivity contribution < 1.29 is 4.74 Å². The van der Waals surface area contributed by atoms with Crippen LogP contribution in [0.5, 0.6) is 0 Å². The SMILES string of the molecule is Cc1cc(Nc2cc(NC3CCOCC3)nc(-c3cccc4ccccc34)n2)n[nH]1. The predicted molar refractivity (Wildman–Crippen MR) is 119 cm³/mol. The van der Waals surface area contributed by atoms with Gasteiger partial charge in [0.2, 0.25) is 0 Å². The Morgan fingerprint density at radius 3 is 2.57 bits per heavy atom. The average Bonchev–Trinajstić information content (AvgIpc) is 3.18. The molecule has 1 saturated heterocycles. The van der Waals surface area contributed by atoms with E-state index in [0.29, 0.717) is 17.7 Å². The number of hydrogen-bond donors (Lipinski definition) is 3. The maximum absolute atomic E-state index is 5.49. The van der Waals surface area contributed by atoms with Crippen LogP contribution in [0.4, 0.5) is 17.5 Å². The molecule has 3 heterocycles. The van der Waals surface area contributed by atoms with Crippen LogP contribution in [0.2, 0.25) is 0 Å². The minimum absolute atomic E-state index is 0.342. The van der Waals surface area contributed by atoms with Gasteiger partial charge in [-0.25, -0.2) is 9.97 Å². The smallest absolute Gasteiger partial charge is 0.164 e. The van der Waals surface area contributed by atoms with Crippen molar-refractivity contribution in [3.8, 4) is 11.4 Å². The van der Waals surface area contributed by atoms with E-state index >= 15 is 0 Å². The Labute approximate surface area is 174 Å². The molecule has 2 aromatic heterocycles. The van der Waals surface area contributed by atoms with Crippen LogP contribution in [0.25, 0.3) is 22.2 Å². The molecule has 1 aliphatic rings. The van der Waals surface area contributed by atoms with Gasteiger partial charge in [0.1, 0.15) is 11.6 Å². The van der Waals surface area contributed by atoms with Gasteiger partial charge in [0, 0.05) is 42.6 Å². The summed E-state index contributed by atoms with van der Waals surface area (Å²) in [7, 11) is 0. The van der Waals surface area contributed by atoms with Crippen LogP contribution in [0.3, 0.4) is 0 Å². The average molecular weight is 400 g/mol. The van der Waals surface area contributed by atoms with E-state index in [1.807, 2.05) is 37.3 Å². The number of nitrogens with one attached hydrogen (secondary N) is 3. The van der Waals surface area contributed by atoms with Gasteiger partial charge in [-0.05, 0) is 30.5 Å². The van der Waals surface area contributed by atoms with Gasteiger partial charge in [-0.3, -0.25) is 5.10 Å². The van der Waals surface area contributed by atoms with Gasteiger partial charge in [0.05, 0.1) is 0 Å². The van der Waals surface area contributed by atoms with Crippen LogP contribution >= 0.6 is 0 Å². The molecule has 0 radical (unpaired) electrons. The number of anilines is 3. The number of aryl methyl sites for hydroxylation is 1. The highest BCUT2D eigenvalue weighted by molar-refractivity contribution is 5.95. The van der Waals surface area contributed by atoms with Crippen LogP contribution in [0.15, 0.2) is 54.6 Å². The first-order valence-corrected chi connectivity index (χ1v) is 10.3. The Morgan fingerprint density at radius 1 is 0.933 bits per heavy atom. The molecule has 3 N–H and O–H groups in total. The zero-order valence-electron chi connectivity index (χ0n) is 16.9. The quantitative estimate of drug-likeness (QED) is 0.451. The molecule has 0 atom stereocenters. The van der Waals surface area contributed by atoms with Crippen molar-refractivity contribution in [3.63, 3.8) is 0 Å². The molecule has 0 unspecified atom stereocenters. The fraction of sp³-hybridized carbons (Fsp3) is 0.261. The van der Waals surface area contributed by atoms with Crippen molar-refractivity contribution in [3.05, 3.63) is 60.3 Å². The highest BCUT2D eigenvalue weighted by Gasteiger charge is 2.16. The lowest BCUT2D eigenvalue weighted by Gasteiger charge is -2.24. The molecule has 7 nitrogen and oxygen atoms in total. The summed E-state index contributed by atoms with van der Waals surface area (Å²) in [5.41, 5.74) is 1.99. The van der Waals surface area contributed by atoms with Crippen LogP contribution in [-0.2, 0) is 4.74 Å². The van der Waals surface area contributed by atoms with E-state index in [0.717, 1.165) is 54.3 Å². The van der Waals surface area contributed by atoms with E-state index in [2.05, 4.69) is 45.1 Å². The first kappa shape index (κ1) is 18.6. The third kappa shape index (κ3) is 3.97. The maximum atomic E-state index is 5.49. The van der Waals surface area contributed by atoms with E-state index in [-0.39, 0.29) is 0 Å². The number of nitrogens with zero attached hydrogens (tertiary/aromatic N) is 3. The standard InChI is InChI=1S/C23H24N6O/c1-15-13-22(29-28-15)25-21-14-20(24-17-9-11-30-12-10-17)26-23(27-21)19-8-4-6-16-5-2-3-7-18(16)19/h2-8,13-14,17H,9-12H2,1H3,(H3,24,25,26,27,28,29). The number of aromatic amines is 1. The van der Waals surface area contributed by atoms with Gasteiger partial charge < -0.3 is 15.4 Å². The Kier molecular flexibility index (Phi) is 5.03. The van der Waals surface area contributed by atoms with Crippen molar-refractivity contribution in [1.29, 1.82) is 0 Å². The first-order valence-electron chi connectivity index (χ1n) is 10.3. The number of hydrogen-bond acceptors (Lipinski definition) is 6. The Bertz CT molecular complexity index is 1160. The summed E-state index contributed by atoms with van der Waals surface area (Å²) in [6, 6.07) is 18.8. The molecule has 5 rings (SSSR count). The highest BCUT2D eigenvalue weighted by atomic mass is 16.5. The van der Waals surface area contributed by atoms with Gasteiger partial charge in [-0.15, -0.1) is 0 Å². The van der Waals surface area contributed by atoms with Crippen molar-refractivity contribution in [1.82, 2.24) is 20.2 Å². The lowest BCUT2D eigenvalue weighted by atomic mass is 10.0. The van der Waals surface area contributed by atoms with E-state index < -0.39 is 0 Å². The number of H-pyrrole nitrogens is 1. The molecule has 2 aromatic carbocycles. The lowest BCUT2D eigenvalue weighted by Crippen LogP contribution is -2.28. The maximum Gasteiger partial charge on any atom is 0.164 e. The summed E-state index contributed by atoms with van der Waals surface area (Å²) in [5.74, 6) is 2.91. The summed E-state index contributed by atoms with van der Waals surface area (Å²) in [6.07, 6.45) is 1.93. The third-order valence-electron chi connectivity index (χ3n) is 5.29. The van der Waals surface area contributed by atoms with E-state index in [1.165, 1.54) is 5.39 Å². The Morgan fingerprint density at radius 2 is 1.73 bits per heavy atom. The minimum atomic E-state index is 0.342. The van der Waals surface area contributed by atoms with Crippen molar-refractivity contribution in [2.24, 2.45) is 0 Å². The van der Waals surface area contributed by atoms with Crippen molar-refractivity contribution in [2.45, 2.75) is 25.8 Å². The minimum Gasteiger partial charge on any atom is -0.381 e. The zero-order valence-corrected chi connectivity index (χ0v) is 16.9. The predicted octanol–water partition coefficient (Wildman–Crippen LogP) is 4.66. The van der Waals surface area contributed by atoms with Gasteiger partial charge in [-0.1, -0.05) is 42.5 Å². The summed E-state index contributed by atoms with van der Waals surface area (Å²) < 4.78 is 5.49. The second kappa shape index (κ2) is 8.12. The molecule has 0 saturated carbocycles. The highest BCUT2D eigenvalue weighted by Crippen LogP contribution is 2.29. The molecule has 1 aliphatic heterocycles. The van der Waals surface area contributed by atoms with E-state index in [4.69, 9.17) is 14.7 Å². The molecule has 0 bridgehead atoms. The summed E-state index contributed by atoms with van der Waals surface area (Å²) in [4.78, 5) is 9.67. The van der Waals surface area contributed by atoms with Gasteiger partial charge in [0.25, 0.3) is 0 Å². The molecule has 0 spiro atoms. The second-order valence-electron chi connectivity index (χ2n) is 7.58. The summed E-state index contributed by atoms with van der Waals surface area (Å²) >= 11 is 0. The lowest BCUT2D eigenvalue weighted by molar-refractivity contribution is 0.0904. The van der Waals surface area contributed by atoms with E-state index in [9.17, 15) is 0 Å². The number of benzene rings is 2. The fourth-order valence-corrected chi connectivity index (χ4v) is 3.79. The number of rotatable bonds is 5. The van der Waals surface area contributed by atoms with Gasteiger partial charge >= 0.3 is 0 Å². The molecule has 0 aliphatic carbocycles. The van der Waals surface area contributed by atoms with Crippen LogP contribution in [-0.4, -0.2) is 39.4 Å². The van der Waals surface area contributed by atoms with Crippen LogP contribution < -0.4 is 10.6 Å². The van der Waals surface area contributed by atoms with Crippen LogP contribution in [0.1, 0.15) is 18.5 Å². The topological polar surface area (TPSA) is 87.8 Å². The fourth-order valence-electron chi connectivity index (χ4n) is 3.79. The van der Waals surface area contributed by atoms with E-state index in [1.54, 1.807) is 0 Å². The largest absolute Gasteiger partial charge is 0.381 e. The molecule has 30 heavy (non-hydrogen) atoms. The Hall–Kier alpha value is -3.45. The summed E-state index contributed by atoms with van der Waals surface area (Å²) in [6.45, 7) is 3.52. The molecule has 0 amide bonds. The zero-order chi connectivity index (χ0) is 20.3. The van der Waals surface area contributed by atoms with Crippen molar-refractivity contribution >= 4 is 28.2 Å². The molecule has 1 fully saturated rings. The number of fused-ring (bicyclic) bond motifs is 1. The van der Waals surface area contributed by atoms with Gasteiger partial charge in [0.15, 0.2) is 11.6 Å². The normalized spacial score (nSPS) is 14.7. The van der Waals surface area contributed by atoms with Crippen LogP contribution in [0, 0.1) is 6.92 Å². The third-order valence-corrected chi connectivity index (χ3v) is 5.29. The second-order valence-corrected chi connectivity index (χ2v) is 7.58. The Balaban J connectivity index is 1.56. The van der Waals surface area contributed by atoms with Crippen molar-refractivity contribution in [2.75, 3.05) is 23.8 Å². The molecule has 7 heteroatoms. The van der Waals surface area contributed by atoms with Gasteiger partial charge in [-0.2, -0.15) is 5.10 Å². The monoisotopic (exact) mass is 400 g/mol. The summed E-state index contributed by atoms with van der Waals surface area (Å²) in [5, 5.41) is 16.4.